The van der Waals surface area contributed by atoms with E-state index in [0.29, 0.717) is 0 Å². The van der Waals surface area contributed by atoms with Gasteiger partial charge in [-0.3, -0.25) is 0 Å². The van der Waals surface area contributed by atoms with E-state index in [1.165, 1.54) is 44.3 Å². The summed E-state index contributed by atoms with van der Waals surface area (Å²) in [6.45, 7) is 4.58. The average Bonchev–Trinajstić information content (AvgIpc) is 2.70. The summed E-state index contributed by atoms with van der Waals surface area (Å²) in [5.74, 6) is 0.612. The molecule has 0 atom stereocenters. The summed E-state index contributed by atoms with van der Waals surface area (Å²) >= 11 is 0. The van der Waals surface area contributed by atoms with E-state index in [9.17, 15) is 4.39 Å². The van der Waals surface area contributed by atoms with Gasteiger partial charge in [-0.1, -0.05) is 30.3 Å². The summed E-state index contributed by atoms with van der Waals surface area (Å²) in [4.78, 5) is 4.18. The monoisotopic (exact) mass is 339 g/mol. The van der Waals surface area contributed by atoms with E-state index in [-0.39, 0.29) is 5.82 Å². The van der Waals surface area contributed by atoms with Crippen molar-refractivity contribution in [3.63, 3.8) is 0 Å². The zero-order valence-electron chi connectivity index (χ0n) is 14.8. The molecule has 1 saturated carbocycles. The van der Waals surface area contributed by atoms with Gasteiger partial charge in [-0.2, -0.15) is 0 Å². The molecule has 2 aromatic carbocycles. The minimum absolute atomic E-state index is 0.150. The van der Waals surface area contributed by atoms with Crippen molar-refractivity contribution in [1.29, 1.82) is 0 Å². The van der Waals surface area contributed by atoms with E-state index >= 15 is 0 Å². The van der Waals surface area contributed by atoms with E-state index < -0.39 is 0 Å². The lowest BCUT2D eigenvalue weighted by Crippen LogP contribution is -3.18. The van der Waals surface area contributed by atoms with Gasteiger partial charge in [0.15, 0.2) is 0 Å². The molecule has 0 aromatic heterocycles. The van der Waals surface area contributed by atoms with E-state index in [4.69, 9.17) is 0 Å². The first kappa shape index (κ1) is 16.6. The van der Waals surface area contributed by atoms with Gasteiger partial charge in [0.1, 0.15) is 5.82 Å². The molecule has 0 amide bonds. The zero-order chi connectivity index (χ0) is 17.1. The number of hydrogen-bond donors (Lipinski definition) is 1. The second kappa shape index (κ2) is 7.57. The van der Waals surface area contributed by atoms with Gasteiger partial charge < -0.3 is 9.80 Å². The van der Waals surface area contributed by atoms with E-state index in [0.717, 1.165) is 30.7 Å². The van der Waals surface area contributed by atoms with Crippen LogP contribution in [0.15, 0.2) is 54.6 Å². The Bertz CT molecular complexity index is 654. The summed E-state index contributed by atoms with van der Waals surface area (Å²) in [6, 6.07) is 18.8. The van der Waals surface area contributed by atoms with Gasteiger partial charge >= 0.3 is 0 Å². The fourth-order valence-corrected chi connectivity index (χ4v) is 4.67. The Morgan fingerprint density at radius 1 is 0.800 bits per heavy atom. The van der Waals surface area contributed by atoms with Crippen LogP contribution >= 0.6 is 0 Å². The van der Waals surface area contributed by atoms with Gasteiger partial charge in [0.05, 0.1) is 32.2 Å². The Morgan fingerprint density at radius 2 is 1.44 bits per heavy atom. The summed E-state index contributed by atoms with van der Waals surface area (Å²) in [7, 11) is 0. The summed E-state index contributed by atoms with van der Waals surface area (Å²) in [6.07, 6.45) is 5.37. The Hall–Kier alpha value is -1.87. The molecule has 2 fully saturated rings. The van der Waals surface area contributed by atoms with Crippen molar-refractivity contribution < 1.29 is 9.29 Å². The number of nitrogens with zero attached hydrogens (tertiary/aromatic N) is 1. The van der Waals surface area contributed by atoms with Crippen molar-refractivity contribution >= 4 is 5.69 Å². The van der Waals surface area contributed by atoms with Crippen molar-refractivity contribution in [1.82, 2.24) is 0 Å². The van der Waals surface area contributed by atoms with Gasteiger partial charge in [0, 0.05) is 5.69 Å². The third-order valence-electron chi connectivity index (χ3n) is 6.17. The largest absolute Gasteiger partial charge is 0.360 e. The highest BCUT2D eigenvalue weighted by Gasteiger charge is 2.31. The Labute approximate surface area is 150 Å². The summed E-state index contributed by atoms with van der Waals surface area (Å²) in [5.41, 5.74) is 2.69. The number of benzene rings is 2. The molecule has 2 aromatic rings. The van der Waals surface area contributed by atoms with Crippen LogP contribution < -0.4 is 9.80 Å². The molecule has 0 bridgehead atoms. The highest BCUT2D eigenvalue weighted by molar-refractivity contribution is 5.46. The number of rotatable bonds is 3. The molecule has 3 heteroatoms. The first-order valence-electron chi connectivity index (χ1n) is 9.69. The predicted molar refractivity (Wildman–Crippen MR) is 101 cm³/mol. The maximum atomic E-state index is 13.1. The number of hydrogen-bond acceptors (Lipinski definition) is 1. The van der Waals surface area contributed by atoms with Gasteiger partial charge in [0.2, 0.25) is 0 Å². The van der Waals surface area contributed by atoms with Crippen LogP contribution in [-0.2, 0) is 0 Å². The van der Waals surface area contributed by atoms with Crippen LogP contribution in [-0.4, -0.2) is 32.2 Å². The second-order valence-corrected chi connectivity index (χ2v) is 7.58. The third-order valence-corrected chi connectivity index (χ3v) is 6.17. The molecule has 1 N–H and O–H groups in total. The number of anilines is 1. The molecule has 0 spiro atoms. The Morgan fingerprint density at radius 3 is 2.08 bits per heavy atom. The molecular weight excluding hydrogens is 311 g/mol. The summed E-state index contributed by atoms with van der Waals surface area (Å²) in [5, 5.41) is 0. The smallest absolute Gasteiger partial charge is 0.123 e. The van der Waals surface area contributed by atoms with Crippen molar-refractivity contribution in [3.05, 3.63) is 66.0 Å². The van der Waals surface area contributed by atoms with Crippen molar-refractivity contribution in [2.24, 2.45) is 0 Å². The maximum Gasteiger partial charge on any atom is 0.123 e. The zero-order valence-corrected chi connectivity index (χ0v) is 14.8. The number of halogens is 1. The number of quaternary nitrogens is 1. The normalized spacial score (nSPS) is 25.1. The van der Waals surface area contributed by atoms with Crippen LogP contribution in [0, 0.1) is 5.82 Å². The maximum absolute atomic E-state index is 13.1. The second-order valence-electron chi connectivity index (χ2n) is 7.58. The first-order valence-corrected chi connectivity index (χ1v) is 9.69. The molecule has 25 heavy (non-hydrogen) atoms. The van der Waals surface area contributed by atoms with E-state index in [1.54, 1.807) is 17.0 Å². The molecule has 0 radical (unpaired) electrons. The lowest BCUT2D eigenvalue weighted by atomic mass is 9.81. The molecule has 2 aliphatic rings. The van der Waals surface area contributed by atoms with Gasteiger partial charge in [-0.05, 0) is 61.4 Å². The molecule has 1 aliphatic heterocycles. The van der Waals surface area contributed by atoms with Gasteiger partial charge in [-0.15, -0.1) is 0 Å². The van der Waals surface area contributed by atoms with Gasteiger partial charge in [-0.25, -0.2) is 4.39 Å². The highest BCUT2D eigenvalue weighted by atomic mass is 19.1. The third kappa shape index (κ3) is 3.87. The van der Waals surface area contributed by atoms with Gasteiger partial charge in [0.25, 0.3) is 0 Å². The van der Waals surface area contributed by atoms with Crippen LogP contribution in [0.2, 0.25) is 0 Å². The molecule has 1 aliphatic carbocycles. The summed E-state index contributed by atoms with van der Waals surface area (Å²) < 4.78 is 13.1. The minimum atomic E-state index is -0.150. The average molecular weight is 339 g/mol. The topological polar surface area (TPSA) is 7.68 Å². The van der Waals surface area contributed by atoms with Crippen molar-refractivity contribution in [3.8, 4) is 0 Å². The first-order chi connectivity index (χ1) is 12.3. The molecule has 132 valence electrons. The molecule has 2 nitrogen and oxygen atoms in total. The van der Waals surface area contributed by atoms with Crippen LogP contribution in [0.4, 0.5) is 10.1 Å². The molecule has 0 unspecified atom stereocenters. The molecule has 1 heterocycles. The fourth-order valence-electron chi connectivity index (χ4n) is 4.67. The minimum Gasteiger partial charge on any atom is -0.360 e. The number of nitrogens with one attached hydrogen (secondary N) is 1. The Kier molecular flexibility index (Phi) is 5.02. The SMILES string of the molecule is Fc1ccc(N2CC[NH+](C3CCC(c4ccccc4)CC3)CC2)cc1. The fraction of sp³-hybridized carbons (Fsp3) is 0.455. The highest BCUT2D eigenvalue weighted by Crippen LogP contribution is 2.32. The van der Waals surface area contributed by atoms with Crippen molar-refractivity contribution in [2.75, 3.05) is 31.1 Å². The quantitative estimate of drug-likeness (QED) is 0.902. The molecule has 1 saturated heterocycles. The van der Waals surface area contributed by atoms with Crippen LogP contribution in [0.3, 0.4) is 0 Å². The van der Waals surface area contributed by atoms with Crippen LogP contribution in [0.1, 0.15) is 37.2 Å². The van der Waals surface area contributed by atoms with E-state index in [2.05, 4.69) is 35.2 Å². The molecule has 4 rings (SSSR count). The van der Waals surface area contributed by atoms with Crippen LogP contribution in [0.25, 0.3) is 0 Å². The predicted octanol–water partition coefficient (Wildman–Crippen LogP) is 3.26. The van der Waals surface area contributed by atoms with Crippen molar-refractivity contribution in [2.45, 2.75) is 37.6 Å². The van der Waals surface area contributed by atoms with Crippen LogP contribution in [0.5, 0.6) is 0 Å². The molecular formula is C22H28FN2+. The lowest BCUT2D eigenvalue weighted by Gasteiger charge is -2.40. The van der Waals surface area contributed by atoms with E-state index in [1.807, 2.05) is 12.1 Å². The standard InChI is InChI=1S/C22H27FN2/c23-20-8-12-22(13-9-20)25-16-14-24(15-17-25)21-10-6-19(7-11-21)18-4-2-1-3-5-18/h1-5,8-9,12-13,19,21H,6-7,10-11,14-17H2/p+1. The Balaban J connectivity index is 1.28. The number of piperazine rings is 1. The lowest BCUT2D eigenvalue weighted by molar-refractivity contribution is -0.927.